The molecule has 0 aliphatic carbocycles. The van der Waals surface area contributed by atoms with Crippen LogP contribution in [0.4, 0.5) is 0 Å². The van der Waals surface area contributed by atoms with Gasteiger partial charge in [-0.2, -0.15) is 0 Å². The summed E-state index contributed by atoms with van der Waals surface area (Å²) < 4.78 is 16.9. The van der Waals surface area contributed by atoms with E-state index in [9.17, 15) is 14.4 Å². The molecule has 1 unspecified atom stereocenters. The number of esters is 3. The highest BCUT2D eigenvalue weighted by Gasteiger charge is 2.19. The van der Waals surface area contributed by atoms with E-state index in [0.717, 1.165) is 64.2 Å². The lowest BCUT2D eigenvalue weighted by Crippen LogP contribution is -2.30. The summed E-state index contributed by atoms with van der Waals surface area (Å²) in [5.41, 5.74) is 0. The fourth-order valence-electron chi connectivity index (χ4n) is 8.83. The molecule has 0 fully saturated rings. The molecule has 0 spiro atoms. The van der Waals surface area contributed by atoms with Crippen molar-refractivity contribution in [3.05, 3.63) is 72.9 Å². The Bertz CT molecular complexity index is 1320. The van der Waals surface area contributed by atoms with Crippen molar-refractivity contribution in [1.29, 1.82) is 0 Å². The summed E-state index contributed by atoms with van der Waals surface area (Å²) in [5.74, 6) is -0.917. The Hall–Kier alpha value is -3.15. The lowest BCUT2D eigenvalue weighted by atomic mass is 10.0. The minimum absolute atomic E-state index is 0.0897. The van der Waals surface area contributed by atoms with Crippen LogP contribution in [0.1, 0.15) is 303 Å². The quantitative estimate of drug-likeness (QED) is 0.0261. The van der Waals surface area contributed by atoms with Gasteiger partial charge < -0.3 is 14.2 Å². The number of allylic oxidation sites excluding steroid dienone is 12. The highest BCUT2D eigenvalue weighted by Crippen LogP contribution is 2.17. The lowest BCUT2D eigenvalue weighted by molar-refractivity contribution is -0.167. The van der Waals surface area contributed by atoms with Gasteiger partial charge in [0.1, 0.15) is 13.2 Å². The zero-order chi connectivity index (χ0) is 51.4. The van der Waals surface area contributed by atoms with Gasteiger partial charge in [0.2, 0.25) is 0 Å². The number of carbonyl (C=O) groups excluding carboxylic acids is 3. The van der Waals surface area contributed by atoms with E-state index in [4.69, 9.17) is 14.2 Å². The predicted octanol–water partition coefficient (Wildman–Crippen LogP) is 20.5. The third-order valence-corrected chi connectivity index (χ3v) is 13.4. The maximum Gasteiger partial charge on any atom is 0.306 e. The van der Waals surface area contributed by atoms with Gasteiger partial charge in [-0.15, -0.1) is 0 Å². The molecular formula is C65H114O6. The van der Waals surface area contributed by atoms with Crippen LogP contribution >= 0.6 is 0 Å². The Morgan fingerprint density at radius 3 is 0.859 bits per heavy atom. The molecule has 0 radical (unpaired) electrons. The molecule has 6 heteroatoms. The molecule has 410 valence electrons. The second kappa shape index (κ2) is 59.4. The topological polar surface area (TPSA) is 78.9 Å². The molecule has 6 nitrogen and oxygen atoms in total. The van der Waals surface area contributed by atoms with Crippen molar-refractivity contribution >= 4 is 17.9 Å². The first-order valence-electron chi connectivity index (χ1n) is 30.5. The number of ether oxygens (including phenoxy) is 3. The van der Waals surface area contributed by atoms with Crippen molar-refractivity contribution in [2.24, 2.45) is 0 Å². The SMILES string of the molecule is CC\C=C/C=C\C=C/C=C\C=C\C=C/CCCCCC(=O)OC(COC(=O)CCCCCCCCCCCCCCCCCCC)COC(=O)CCCCCCCCCCCCCCCCCCCCC. The number of unbranched alkanes of at least 4 members (excludes halogenated alkanes) is 37. The van der Waals surface area contributed by atoms with Gasteiger partial charge in [0.15, 0.2) is 6.10 Å². The average Bonchev–Trinajstić information content (AvgIpc) is 3.37. The molecule has 0 aromatic heterocycles. The minimum Gasteiger partial charge on any atom is -0.462 e. The van der Waals surface area contributed by atoms with Gasteiger partial charge >= 0.3 is 17.9 Å². The summed E-state index contributed by atoms with van der Waals surface area (Å²) in [7, 11) is 0. The Morgan fingerprint density at radius 2 is 0.549 bits per heavy atom. The first-order valence-corrected chi connectivity index (χ1v) is 30.5. The molecule has 0 aliphatic heterocycles. The largest absolute Gasteiger partial charge is 0.462 e. The maximum absolute atomic E-state index is 12.9. The van der Waals surface area contributed by atoms with E-state index in [0.29, 0.717) is 19.3 Å². The van der Waals surface area contributed by atoms with Crippen molar-refractivity contribution in [2.45, 2.75) is 309 Å². The predicted molar refractivity (Wildman–Crippen MR) is 307 cm³/mol. The normalized spacial score (nSPS) is 12.5. The van der Waals surface area contributed by atoms with E-state index in [1.165, 1.54) is 193 Å². The molecule has 0 heterocycles. The van der Waals surface area contributed by atoms with Crippen molar-refractivity contribution in [1.82, 2.24) is 0 Å². The Morgan fingerprint density at radius 1 is 0.296 bits per heavy atom. The van der Waals surface area contributed by atoms with Crippen LogP contribution in [0.5, 0.6) is 0 Å². The molecule has 0 aliphatic rings. The second-order valence-corrected chi connectivity index (χ2v) is 20.4. The van der Waals surface area contributed by atoms with Crippen molar-refractivity contribution in [2.75, 3.05) is 13.2 Å². The van der Waals surface area contributed by atoms with E-state index < -0.39 is 6.10 Å². The highest BCUT2D eigenvalue weighted by molar-refractivity contribution is 5.71. The van der Waals surface area contributed by atoms with Gasteiger partial charge in [0.05, 0.1) is 0 Å². The third-order valence-electron chi connectivity index (χ3n) is 13.4. The van der Waals surface area contributed by atoms with Gasteiger partial charge in [-0.1, -0.05) is 318 Å². The maximum atomic E-state index is 12.9. The van der Waals surface area contributed by atoms with Crippen LogP contribution in [0.3, 0.4) is 0 Å². The van der Waals surface area contributed by atoms with Gasteiger partial charge in [-0.25, -0.2) is 0 Å². The highest BCUT2D eigenvalue weighted by atomic mass is 16.6. The molecule has 1 atom stereocenters. The van der Waals surface area contributed by atoms with Crippen molar-refractivity contribution < 1.29 is 28.6 Å². The van der Waals surface area contributed by atoms with Crippen molar-refractivity contribution in [3.8, 4) is 0 Å². The summed E-state index contributed by atoms with van der Waals surface area (Å²) in [6, 6.07) is 0. The standard InChI is InChI=1S/C65H114O6/c1-4-7-10-13-16-19-22-25-28-31-32-35-37-40-43-46-49-52-55-58-64(67)70-61-62(71-65(68)59-56-53-50-47-44-41-38-34-30-27-24-21-18-15-12-9-6-3)60-69-63(66)57-54-51-48-45-42-39-36-33-29-26-23-20-17-14-11-8-5-2/h9,12,15,18,21,24,27,30,34,38,41,44,62H,4-8,10-11,13-14,16-17,19-20,22-23,25-26,28-29,31-33,35-37,39-40,42-43,45-61H2,1-3H3/b12-9-,18-15-,24-21-,30-27-,38-34+,44-41-. The summed E-state index contributed by atoms with van der Waals surface area (Å²) in [5, 5.41) is 0. The Labute approximate surface area is 440 Å². The van der Waals surface area contributed by atoms with Crippen LogP contribution in [0, 0.1) is 0 Å². The molecule has 71 heavy (non-hydrogen) atoms. The van der Waals surface area contributed by atoms with Crippen LogP contribution in [0.15, 0.2) is 72.9 Å². The second-order valence-electron chi connectivity index (χ2n) is 20.4. The van der Waals surface area contributed by atoms with E-state index >= 15 is 0 Å². The number of carbonyl (C=O) groups is 3. The first kappa shape index (κ1) is 67.8. The third kappa shape index (κ3) is 57.6. The molecule has 0 amide bonds. The monoisotopic (exact) mass is 991 g/mol. The van der Waals surface area contributed by atoms with E-state index in [2.05, 4.69) is 39.0 Å². The fraction of sp³-hybridized carbons (Fsp3) is 0.769. The fourth-order valence-corrected chi connectivity index (χ4v) is 8.83. The van der Waals surface area contributed by atoms with Gasteiger partial charge in [-0.3, -0.25) is 14.4 Å². The smallest absolute Gasteiger partial charge is 0.306 e. The molecular weight excluding hydrogens is 877 g/mol. The van der Waals surface area contributed by atoms with E-state index in [1.807, 2.05) is 54.7 Å². The lowest BCUT2D eigenvalue weighted by Gasteiger charge is -2.18. The molecule has 0 bridgehead atoms. The first-order chi connectivity index (χ1) is 35.0. The number of hydrogen-bond donors (Lipinski definition) is 0. The zero-order valence-electron chi connectivity index (χ0n) is 47.0. The van der Waals surface area contributed by atoms with Crippen LogP contribution < -0.4 is 0 Å². The summed E-state index contributed by atoms with van der Waals surface area (Å²) >= 11 is 0. The van der Waals surface area contributed by atoms with Gasteiger partial charge in [-0.05, 0) is 38.5 Å². The Balaban J connectivity index is 4.41. The summed E-state index contributed by atoms with van der Waals surface area (Å²) in [6.07, 6.45) is 76.1. The molecule has 0 saturated heterocycles. The van der Waals surface area contributed by atoms with E-state index in [-0.39, 0.29) is 37.5 Å². The molecule has 0 N–H and O–H groups in total. The van der Waals surface area contributed by atoms with E-state index in [1.54, 1.807) is 0 Å². The molecule has 0 aromatic carbocycles. The molecule has 0 saturated carbocycles. The minimum atomic E-state index is -0.797. The van der Waals surface area contributed by atoms with Gasteiger partial charge in [0, 0.05) is 19.3 Å². The van der Waals surface area contributed by atoms with Crippen LogP contribution in [0.2, 0.25) is 0 Å². The van der Waals surface area contributed by atoms with Crippen LogP contribution in [-0.2, 0) is 28.6 Å². The Kier molecular flexibility index (Phi) is 56.8. The summed E-state index contributed by atoms with van der Waals surface area (Å²) in [6.45, 7) is 6.51. The van der Waals surface area contributed by atoms with Crippen LogP contribution in [-0.4, -0.2) is 37.2 Å². The molecule has 0 rings (SSSR count). The number of rotatable bonds is 55. The summed E-state index contributed by atoms with van der Waals surface area (Å²) in [4.78, 5) is 38.2. The molecule has 0 aromatic rings. The zero-order valence-corrected chi connectivity index (χ0v) is 47.0. The van der Waals surface area contributed by atoms with Crippen molar-refractivity contribution in [3.63, 3.8) is 0 Å². The van der Waals surface area contributed by atoms with Gasteiger partial charge in [0.25, 0.3) is 0 Å². The van der Waals surface area contributed by atoms with Crippen LogP contribution in [0.25, 0.3) is 0 Å². The number of hydrogen-bond acceptors (Lipinski definition) is 6. The average molecular weight is 992 g/mol.